The van der Waals surface area contributed by atoms with E-state index >= 15 is 0 Å². The Labute approximate surface area is 128 Å². The van der Waals surface area contributed by atoms with Crippen LogP contribution in [-0.2, 0) is 0 Å². The maximum atomic E-state index is 12.7. The molecule has 1 N–H and O–H groups in total. The zero-order chi connectivity index (χ0) is 15.1. The van der Waals surface area contributed by atoms with E-state index in [0.29, 0.717) is 29.5 Å². The van der Waals surface area contributed by atoms with Gasteiger partial charge in [0.05, 0.1) is 17.1 Å². The number of carbonyl (C=O) groups excluding carboxylic acids is 1. The monoisotopic (exact) mass is 294 g/mol. The minimum absolute atomic E-state index is 0.120. The predicted octanol–water partition coefficient (Wildman–Crippen LogP) is 2.35. The van der Waals surface area contributed by atoms with E-state index in [1.807, 2.05) is 6.07 Å². The minimum Gasteiger partial charge on any atom is -0.303 e. The first-order chi connectivity index (χ1) is 10.7. The number of nitrogens with one attached hydrogen (secondary N) is 1. The highest BCUT2D eigenvalue weighted by Gasteiger charge is 2.35. The molecule has 22 heavy (non-hydrogen) atoms. The van der Waals surface area contributed by atoms with Crippen LogP contribution in [0.25, 0.3) is 10.9 Å². The maximum Gasteiger partial charge on any atom is 0.184 e. The number of nitrogens with zero attached hydrogens (tertiary/aromatic N) is 3. The van der Waals surface area contributed by atoms with Gasteiger partial charge in [0.25, 0.3) is 0 Å². The molecule has 4 heterocycles. The highest BCUT2D eigenvalue weighted by atomic mass is 16.1. The van der Waals surface area contributed by atoms with Gasteiger partial charge in [-0.05, 0) is 56.0 Å². The van der Waals surface area contributed by atoms with E-state index in [9.17, 15) is 4.79 Å². The van der Waals surface area contributed by atoms with Gasteiger partial charge in [0.15, 0.2) is 5.78 Å². The van der Waals surface area contributed by atoms with Crippen molar-refractivity contribution in [1.82, 2.24) is 15.1 Å². The highest BCUT2D eigenvalue weighted by Crippen LogP contribution is 2.35. The Hall–Kier alpha value is -2.19. The number of fused-ring (bicyclic) bond motifs is 4. The molecule has 1 aromatic carbocycles. The summed E-state index contributed by atoms with van der Waals surface area (Å²) in [5, 5.41) is 16.8. The topological polar surface area (TPSA) is 72.8 Å². The minimum atomic E-state index is 0.120. The number of benzene rings is 1. The molecule has 3 saturated heterocycles. The fraction of sp³-hybridized carbons (Fsp3) is 0.471. The van der Waals surface area contributed by atoms with Crippen LogP contribution < -0.4 is 0 Å². The van der Waals surface area contributed by atoms with Crippen LogP contribution >= 0.6 is 0 Å². The fourth-order valence-corrected chi connectivity index (χ4v) is 3.96. The Balaban J connectivity index is 1.57. The van der Waals surface area contributed by atoms with E-state index in [4.69, 9.17) is 5.26 Å². The van der Waals surface area contributed by atoms with Gasteiger partial charge >= 0.3 is 0 Å². The fourth-order valence-electron chi connectivity index (χ4n) is 3.96. The van der Waals surface area contributed by atoms with Crippen LogP contribution in [0.15, 0.2) is 18.2 Å². The molecular formula is C17H18N4O. The van der Waals surface area contributed by atoms with Gasteiger partial charge in [0.2, 0.25) is 0 Å². The van der Waals surface area contributed by atoms with Crippen molar-refractivity contribution in [2.45, 2.75) is 19.3 Å². The third-order valence-electron chi connectivity index (χ3n) is 5.20. The molecule has 2 bridgehead atoms. The SMILES string of the molecule is N#Cc1ccc2c(C(=O)C[C@H]3CN4CCC3CC4)n[nH]c2c1. The molecular weight excluding hydrogens is 276 g/mol. The lowest BCUT2D eigenvalue weighted by molar-refractivity contribution is 0.0440. The lowest BCUT2D eigenvalue weighted by atomic mass is 9.76. The molecule has 3 fully saturated rings. The molecule has 5 nitrogen and oxygen atoms in total. The van der Waals surface area contributed by atoms with Crippen molar-refractivity contribution in [3.63, 3.8) is 0 Å². The standard InChI is InChI=1S/C17H18N4O/c18-9-11-1-2-14-15(7-11)19-20-17(14)16(22)8-13-10-21-5-3-12(13)4-6-21/h1-2,7,12-13H,3-6,8,10H2,(H,19,20)/t13-/m0/s1. The van der Waals surface area contributed by atoms with E-state index in [2.05, 4.69) is 21.2 Å². The van der Waals surface area contributed by atoms with Crippen LogP contribution in [-0.4, -0.2) is 40.5 Å². The van der Waals surface area contributed by atoms with Gasteiger partial charge in [-0.1, -0.05) is 0 Å². The van der Waals surface area contributed by atoms with E-state index in [-0.39, 0.29) is 5.78 Å². The third-order valence-corrected chi connectivity index (χ3v) is 5.20. The summed E-state index contributed by atoms with van der Waals surface area (Å²) >= 11 is 0. The number of H-pyrrole nitrogens is 1. The van der Waals surface area contributed by atoms with Crippen LogP contribution in [0.4, 0.5) is 0 Å². The Bertz CT molecular complexity index is 765. The molecule has 1 atom stereocenters. The van der Waals surface area contributed by atoms with E-state index < -0.39 is 0 Å². The molecule has 0 saturated carbocycles. The van der Waals surface area contributed by atoms with Crippen LogP contribution in [0.3, 0.4) is 0 Å². The normalized spacial score (nSPS) is 27.0. The number of rotatable bonds is 3. The number of piperidine rings is 3. The summed E-state index contributed by atoms with van der Waals surface area (Å²) in [6.45, 7) is 3.44. The molecule has 3 aliphatic rings. The molecule has 5 rings (SSSR count). The Morgan fingerprint density at radius 1 is 1.41 bits per heavy atom. The van der Waals surface area contributed by atoms with Gasteiger partial charge in [-0.2, -0.15) is 10.4 Å². The number of aromatic amines is 1. The number of Topliss-reactive ketones (excluding diaryl/α,β-unsaturated/α-hetero) is 1. The van der Waals surface area contributed by atoms with Crippen molar-refractivity contribution < 1.29 is 4.79 Å². The van der Waals surface area contributed by atoms with Crippen molar-refractivity contribution in [2.75, 3.05) is 19.6 Å². The maximum absolute atomic E-state index is 12.7. The first-order valence-corrected chi connectivity index (χ1v) is 7.88. The summed E-state index contributed by atoms with van der Waals surface area (Å²) in [4.78, 5) is 15.1. The first-order valence-electron chi connectivity index (χ1n) is 7.88. The largest absolute Gasteiger partial charge is 0.303 e. The lowest BCUT2D eigenvalue weighted by Gasteiger charge is -2.44. The Morgan fingerprint density at radius 3 is 2.91 bits per heavy atom. The van der Waals surface area contributed by atoms with Gasteiger partial charge in [0, 0.05) is 18.4 Å². The molecule has 2 aromatic rings. The average Bonchev–Trinajstić information content (AvgIpc) is 2.99. The Morgan fingerprint density at radius 2 is 2.23 bits per heavy atom. The number of carbonyl (C=O) groups is 1. The summed E-state index contributed by atoms with van der Waals surface area (Å²) in [7, 11) is 0. The predicted molar refractivity (Wildman–Crippen MR) is 82.4 cm³/mol. The molecule has 0 radical (unpaired) electrons. The summed E-state index contributed by atoms with van der Waals surface area (Å²) in [6.07, 6.45) is 3.04. The van der Waals surface area contributed by atoms with Crippen molar-refractivity contribution in [2.24, 2.45) is 11.8 Å². The molecule has 112 valence electrons. The van der Waals surface area contributed by atoms with Gasteiger partial charge in [-0.3, -0.25) is 9.89 Å². The molecule has 1 aromatic heterocycles. The summed E-state index contributed by atoms with van der Waals surface area (Å²) < 4.78 is 0. The molecule has 0 aliphatic carbocycles. The summed E-state index contributed by atoms with van der Waals surface area (Å²) in [5.41, 5.74) is 1.86. The van der Waals surface area contributed by atoms with Crippen LogP contribution in [0.1, 0.15) is 35.3 Å². The van der Waals surface area contributed by atoms with Crippen molar-refractivity contribution in [3.05, 3.63) is 29.5 Å². The second-order valence-corrected chi connectivity index (χ2v) is 6.47. The van der Waals surface area contributed by atoms with Gasteiger partial charge < -0.3 is 4.90 Å². The van der Waals surface area contributed by atoms with Crippen LogP contribution in [0, 0.1) is 23.2 Å². The average molecular weight is 294 g/mol. The number of hydrogen-bond acceptors (Lipinski definition) is 4. The van der Waals surface area contributed by atoms with Crippen LogP contribution in [0.2, 0.25) is 0 Å². The number of aromatic nitrogens is 2. The molecule has 5 heteroatoms. The lowest BCUT2D eigenvalue weighted by Crippen LogP contribution is -2.47. The van der Waals surface area contributed by atoms with E-state index in [1.165, 1.54) is 25.9 Å². The third kappa shape index (κ3) is 2.20. The molecule has 0 amide bonds. The summed E-state index contributed by atoms with van der Waals surface area (Å²) in [5.74, 6) is 1.29. The zero-order valence-corrected chi connectivity index (χ0v) is 12.4. The number of nitriles is 1. The van der Waals surface area contributed by atoms with E-state index in [1.54, 1.807) is 12.1 Å². The zero-order valence-electron chi connectivity index (χ0n) is 12.4. The number of hydrogen-bond donors (Lipinski definition) is 1. The van der Waals surface area contributed by atoms with Crippen molar-refractivity contribution >= 4 is 16.7 Å². The van der Waals surface area contributed by atoms with Gasteiger partial charge in [-0.25, -0.2) is 0 Å². The molecule has 0 unspecified atom stereocenters. The van der Waals surface area contributed by atoms with Crippen molar-refractivity contribution in [1.29, 1.82) is 5.26 Å². The number of ketones is 1. The Kier molecular flexibility index (Phi) is 3.20. The van der Waals surface area contributed by atoms with Gasteiger partial charge in [0.1, 0.15) is 5.69 Å². The van der Waals surface area contributed by atoms with Gasteiger partial charge in [-0.15, -0.1) is 0 Å². The van der Waals surface area contributed by atoms with Crippen LogP contribution in [0.5, 0.6) is 0 Å². The quantitative estimate of drug-likeness (QED) is 0.882. The second-order valence-electron chi connectivity index (χ2n) is 6.47. The molecule has 3 aliphatic heterocycles. The summed E-state index contributed by atoms with van der Waals surface area (Å²) in [6, 6.07) is 7.41. The van der Waals surface area contributed by atoms with Crippen molar-refractivity contribution in [3.8, 4) is 6.07 Å². The first kappa shape index (κ1) is 13.5. The second kappa shape index (κ2) is 5.22. The van der Waals surface area contributed by atoms with E-state index in [0.717, 1.165) is 17.4 Å². The molecule has 0 spiro atoms. The highest BCUT2D eigenvalue weighted by molar-refractivity contribution is 6.06. The smallest absolute Gasteiger partial charge is 0.184 e.